The van der Waals surface area contributed by atoms with Crippen molar-refractivity contribution in [3.05, 3.63) is 28.7 Å². The number of anilines is 1. The van der Waals surface area contributed by atoms with Crippen LogP contribution in [0.4, 0.5) is 10.5 Å². The van der Waals surface area contributed by atoms with Gasteiger partial charge in [-0.15, -0.1) is 0 Å². The topological polar surface area (TPSA) is 90.2 Å². The second-order valence-electron chi connectivity index (χ2n) is 9.15. The van der Waals surface area contributed by atoms with Crippen LogP contribution in [0.2, 0.25) is 0 Å². The van der Waals surface area contributed by atoms with Gasteiger partial charge in [-0.05, 0) is 69.6 Å². The third-order valence-electron chi connectivity index (χ3n) is 5.64. The monoisotopic (exact) mass is 372 g/mol. The molecule has 1 amide bonds. The first kappa shape index (κ1) is 17.9. The molecule has 0 radical (unpaired) electrons. The van der Waals surface area contributed by atoms with Crippen LogP contribution in [0.15, 0.2) is 23.0 Å². The lowest BCUT2D eigenvalue weighted by atomic mass is 9.61. The third kappa shape index (κ3) is 3.82. The van der Waals surface area contributed by atoms with E-state index in [9.17, 15) is 9.59 Å². The van der Waals surface area contributed by atoms with Gasteiger partial charge in [0.05, 0.1) is 11.0 Å². The van der Waals surface area contributed by atoms with Crippen molar-refractivity contribution in [2.45, 2.75) is 45.6 Å². The van der Waals surface area contributed by atoms with E-state index in [4.69, 9.17) is 4.74 Å². The van der Waals surface area contributed by atoms with Crippen LogP contribution >= 0.6 is 0 Å². The maximum atomic E-state index is 12.3. The third-order valence-corrected chi connectivity index (χ3v) is 5.64. The van der Waals surface area contributed by atoms with Crippen molar-refractivity contribution >= 4 is 22.8 Å². The van der Waals surface area contributed by atoms with Gasteiger partial charge in [0, 0.05) is 25.3 Å². The van der Waals surface area contributed by atoms with Crippen LogP contribution in [0.3, 0.4) is 0 Å². The standard InChI is InChI=1S/C20H28N4O3/c1-19(2,3)27-18(26)24-7-6-20(12-24)9-13(10-20)11-21-14-4-5-15-16(8-14)23-17(25)22-15/h4-5,8,13,21H,6-7,9-12H2,1-3H3,(H2,22,23,25). The molecule has 1 saturated heterocycles. The lowest BCUT2D eigenvalue weighted by Gasteiger charge is -2.45. The predicted molar refractivity (Wildman–Crippen MR) is 105 cm³/mol. The summed E-state index contributed by atoms with van der Waals surface area (Å²) in [6.45, 7) is 8.24. The predicted octanol–water partition coefficient (Wildman–Crippen LogP) is 3.31. The van der Waals surface area contributed by atoms with Gasteiger partial charge in [0.1, 0.15) is 5.60 Å². The number of imidazole rings is 1. The summed E-state index contributed by atoms with van der Waals surface area (Å²) < 4.78 is 5.50. The Morgan fingerprint density at radius 1 is 1.30 bits per heavy atom. The fourth-order valence-electron chi connectivity index (χ4n) is 4.46. The number of hydrogen-bond donors (Lipinski definition) is 3. The van der Waals surface area contributed by atoms with E-state index >= 15 is 0 Å². The molecule has 0 bridgehead atoms. The van der Waals surface area contributed by atoms with Gasteiger partial charge in [0.2, 0.25) is 0 Å². The minimum Gasteiger partial charge on any atom is -0.444 e. The van der Waals surface area contributed by atoms with Crippen molar-refractivity contribution in [3.63, 3.8) is 0 Å². The summed E-state index contributed by atoms with van der Waals surface area (Å²) >= 11 is 0. The number of fused-ring (bicyclic) bond motifs is 1. The molecule has 2 fully saturated rings. The molecule has 3 N–H and O–H groups in total. The van der Waals surface area contributed by atoms with Crippen molar-refractivity contribution < 1.29 is 9.53 Å². The molecule has 7 heteroatoms. The summed E-state index contributed by atoms with van der Waals surface area (Å²) in [4.78, 5) is 31.0. The van der Waals surface area contributed by atoms with Crippen molar-refractivity contribution in [3.8, 4) is 0 Å². The number of amides is 1. The molecule has 1 aliphatic heterocycles. The Morgan fingerprint density at radius 3 is 2.78 bits per heavy atom. The first-order valence-electron chi connectivity index (χ1n) is 9.65. The van der Waals surface area contributed by atoms with Crippen molar-refractivity contribution in [2.24, 2.45) is 11.3 Å². The van der Waals surface area contributed by atoms with Gasteiger partial charge < -0.3 is 24.9 Å². The van der Waals surface area contributed by atoms with Crippen LogP contribution in [-0.4, -0.2) is 46.2 Å². The van der Waals surface area contributed by atoms with Gasteiger partial charge in [0.25, 0.3) is 0 Å². The molecule has 1 spiro atoms. The molecule has 1 aliphatic carbocycles. The first-order chi connectivity index (χ1) is 12.7. The van der Waals surface area contributed by atoms with Gasteiger partial charge in [-0.1, -0.05) is 0 Å². The van der Waals surface area contributed by atoms with Gasteiger partial charge >= 0.3 is 11.8 Å². The lowest BCUT2D eigenvalue weighted by molar-refractivity contribution is 0.0195. The molecule has 146 valence electrons. The Labute approximate surface area is 158 Å². The summed E-state index contributed by atoms with van der Waals surface area (Å²) in [7, 11) is 0. The molecule has 1 aromatic carbocycles. The molecule has 2 aliphatic rings. The zero-order valence-corrected chi connectivity index (χ0v) is 16.2. The number of aromatic amines is 2. The van der Waals surface area contributed by atoms with E-state index in [1.165, 1.54) is 0 Å². The Bertz CT molecular complexity index is 902. The number of nitrogens with zero attached hydrogens (tertiary/aromatic N) is 1. The van der Waals surface area contributed by atoms with E-state index < -0.39 is 5.60 Å². The minimum absolute atomic E-state index is 0.182. The highest BCUT2D eigenvalue weighted by Gasteiger charge is 2.49. The molecular weight excluding hydrogens is 344 g/mol. The SMILES string of the molecule is CC(C)(C)OC(=O)N1CCC2(CC(CNc3ccc4[nH]c(=O)[nH]c4c3)C2)C1. The van der Waals surface area contributed by atoms with Crippen LogP contribution in [0.1, 0.15) is 40.0 Å². The smallest absolute Gasteiger partial charge is 0.410 e. The second kappa shape index (κ2) is 6.32. The number of carbonyl (C=O) groups is 1. The molecule has 2 heterocycles. The van der Waals surface area contributed by atoms with Crippen LogP contribution < -0.4 is 11.0 Å². The molecule has 0 atom stereocenters. The van der Waals surface area contributed by atoms with Crippen molar-refractivity contribution in [1.29, 1.82) is 0 Å². The maximum Gasteiger partial charge on any atom is 0.410 e. The van der Waals surface area contributed by atoms with E-state index in [2.05, 4.69) is 15.3 Å². The molecule has 27 heavy (non-hydrogen) atoms. The molecule has 0 unspecified atom stereocenters. The second-order valence-corrected chi connectivity index (χ2v) is 9.15. The van der Waals surface area contributed by atoms with Gasteiger partial charge in [-0.3, -0.25) is 0 Å². The number of carbonyl (C=O) groups excluding carboxylic acids is 1. The zero-order chi connectivity index (χ0) is 19.2. The summed E-state index contributed by atoms with van der Waals surface area (Å²) in [5.74, 6) is 0.615. The summed E-state index contributed by atoms with van der Waals surface area (Å²) in [6, 6.07) is 5.86. The average Bonchev–Trinajstić information content (AvgIpc) is 3.12. The molecule has 2 aromatic rings. The Morgan fingerprint density at radius 2 is 2.04 bits per heavy atom. The number of aromatic nitrogens is 2. The highest BCUT2D eigenvalue weighted by atomic mass is 16.6. The van der Waals surface area contributed by atoms with Gasteiger partial charge in [-0.25, -0.2) is 9.59 Å². The fourth-order valence-corrected chi connectivity index (χ4v) is 4.46. The van der Waals surface area contributed by atoms with Gasteiger partial charge in [0.15, 0.2) is 0 Å². The summed E-state index contributed by atoms with van der Waals surface area (Å²) in [6.07, 6.45) is 3.17. The Balaban J connectivity index is 1.27. The number of benzene rings is 1. The van der Waals surface area contributed by atoms with E-state index in [0.717, 1.165) is 55.6 Å². The fraction of sp³-hybridized carbons (Fsp3) is 0.600. The van der Waals surface area contributed by atoms with Crippen LogP contribution in [-0.2, 0) is 4.74 Å². The van der Waals surface area contributed by atoms with E-state index in [0.29, 0.717) is 5.92 Å². The molecule has 1 aromatic heterocycles. The number of H-pyrrole nitrogens is 2. The summed E-state index contributed by atoms with van der Waals surface area (Å²) in [5, 5.41) is 3.48. The number of nitrogens with one attached hydrogen (secondary N) is 3. The highest BCUT2D eigenvalue weighted by molar-refractivity contribution is 5.78. The Hall–Kier alpha value is -2.44. The van der Waals surface area contributed by atoms with Crippen LogP contribution in [0, 0.1) is 11.3 Å². The first-order valence-corrected chi connectivity index (χ1v) is 9.65. The van der Waals surface area contributed by atoms with E-state index in [1.807, 2.05) is 43.9 Å². The van der Waals surface area contributed by atoms with Crippen LogP contribution in [0.5, 0.6) is 0 Å². The number of rotatable bonds is 3. The van der Waals surface area contributed by atoms with Crippen molar-refractivity contribution in [2.75, 3.05) is 25.0 Å². The van der Waals surface area contributed by atoms with Crippen molar-refractivity contribution in [1.82, 2.24) is 14.9 Å². The quantitative estimate of drug-likeness (QED) is 0.771. The minimum atomic E-state index is -0.441. The largest absolute Gasteiger partial charge is 0.444 e. The van der Waals surface area contributed by atoms with E-state index in [-0.39, 0.29) is 17.2 Å². The van der Waals surface area contributed by atoms with E-state index in [1.54, 1.807) is 0 Å². The molecule has 7 nitrogen and oxygen atoms in total. The normalized spacial score (nSPS) is 25.0. The number of ether oxygens (including phenoxy) is 1. The summed E-state index contributed by atoms with van der Waals surface area (Å²) in [5.41, 5.74) is 2.31. The van der Waals surface area contributed by atoms with Crippen LogP contribution in [0.25, 0.3) is 11.0 Å². The number of likely N-dealkylation sites (tertiary alicyclic amines) is 1. The highest BCUT2D eigenvalue weighted by Crippen LogP contribution is 2.51. The average molecular weight is 372 g/mol. The van der Waals surface area contributed by atoms with Gasteiger partial charge in [-0.2, -0.15) is 0 Å². The maximum absolute atomic E-state index is 12.3. The Kier molecular flexibility index (Phi) is 4.20. The molecule has 4 rings (SSSR count). The number of hydrogen-bond acceptors (Lipinski definition) is 4. The molecule has 1 saturated carbocycles. The zero-order valence-electron chi connectivity index (χ0n) is 16.2. The molecular formula is C20H28N4O3. The lowest BCUT2D eigenvalue weighted by Crippen LogP contribution is -2.44.